The minimum absolute atomic E-state index is 0.146. The van der Waals surface area contributed by atoms with Crippen molar-refractivity contribution in [1.29, 1.82) is 0 Å². The van der Waals surface area contributed by atoms with Gasteiger partial charge < -0.3 is 15.4 Å². The lowest BCUT2D eigenvalue weighted by Crippen LogP contribution is -2.22. The van der Waals surface area contributed by atoms with Gasteiger partial charge in [0, 0.05) is 11.1 Å². The molecule has 1 atom stereocenters. The fraction of sp³-hybridized carbons (Fsp3) is 0.400. The summed E-state index contributed by atoms with van der Waals surface area (Å²) >= 11 is 8.82. The van der Waals surface area contributed by atoms with Gasteiger partial charge in [-0.25, -0.2) is 0 Å². The van der Waals surface area contributed by atoms with Gasteiger partial charge in [0.15, 0.2) is 4.34 Å². The third-order valence-corrected chi connectivity index (χ3v) is 5.65. The molecule has 9 heteroatoms. The number of rotatable bonds is 7. The average molecular weight is 385 g/mol. The monoisotopic (exact) mass is 384 g/mol. The minimum atomic E-state index is -0.324. The number of nitrogens with zero attached hydrogens (tertiary/aromatic N) is 2. The van der Waals surface area contributed by atoms with Gasteiger partial charge in [-0.3, -0.25) is 4.79 Å². The predicted molar refractivity (Wildman–Crippen MR) is 98.5 cm³/mol. The molecule has 0 saturated heterocycles. The molecule has 0 aliphatic heterocycles. The highest BCUT2D eigenvalue weighted by Crippen LogP contribution is 2.33. The number of carbonyl (C=O) groups excluding carboxylic acids is 1. The second kappa shape index (κ2) is 7.58. The number of hydrogen-bond donors (Lipinski definition) is 2. The largest absolute Gasteiger partial charge is 0.495 e. The fourth-order valence-electron chi connectivity index (χ4n) is 1.94. The van der Waals surface area contributed by atoms with Crippen LogP contribution in [0.2, 0.25) is 5.02 Å². The molecule has 1 heterocycles. The van der Waals surface area contributed by atoms with Gasteiger partial charge >= 0.3 is 0 Å². The first-order valence-corrected chi connectivity index (χ1v) is 9.53. The smallest absolute Gasteiger partial charge is 0.237 e. The van der Waals surface area contributed by atoms with Crippen LogP contribution in [0.3, 0.4) is 0 Å². The molecule has 1 aliphatic carbocycles. The van der Waals surface area contributed by atoms with Crippen LogP contribution in [0.15, 0.2) is 22.5 Å². The molecule has 3 rings (SSSR count). The van der Waals surface area contributed by atoms with Crippen LogP contribution in [0.5, 0.6) is 5.75 Å². The maximum Gasteiger partial charge on any atom is 0.237 e. The maximum absolute atomic E-state index is 12.4. The normalized spacial score (nSPS) is 15.0. The third-order valence-electron chi connectivity index (χ3n) is 3.38. The molecule has 1 unspecified atom stereocenters. The van der Waals surface area contributed by atoms with E-state index in [0.29, 0.717) is 22.5 Å². The highest BCUT2D eigenvalue weighted by atomic mass is 35.5. The Morgan fingerprint density at radius 3 is 2.96 bits per heavy atom. The SMILES string of the molecule is COc1ccc(Cl)cc1NC(=O)C(C)Sc1nnc(NC2CC2)s1. The van der Waals surface area contributed by atoms with Crippen molar-refractivity contribution in [3.05, 3.63) is 23.2 Å². The lowest BCUT2D eigenvalue weighted by Gasteiger charge is -2.13. The molecule has 2 aromatic rings. The number of nitrogens with one attached hydrogen (secondary N) is 2. The van der Waals surface area contributed by atoms with Crippen LogP contribution < -0.4 is 15.4 Å². The highest BCUT2D eigenvalue weighted by Gasteiger charge is 2.23. The van der Waals surface area contributed by atoms with E-state index in [1.165, 1.54) is 35.9 Å². The number of anilines is 2. The van der Waals surface area contributed by atoms with E-state index in [2.05, 4.69) is 20.8 Å². The first kappa shape index (κ1) is 17.3. The van der Waals surface area contributed by atoms with Crippen molar-refractivity contribution in [1.82, 2.24) is 10.2 Å². The number of methoxy groups -OCH3 is 1. The molecule has 0 radical (unpaired) electrons. The Bertz CT molecular complexity index is 736. The van der Waals surface area contributed by atoms with E-state index in [1.54, 1.807) is 25.3 Å². The van der Waals surface area contributed by atoms with Crippen molar-refractivity contribution in [3.8, 4) is 5.75 Å². The van der Waals surface area contributed by atoms with Crippen LogP contribution in [0.1, 0.15) is 19.8 Å². The summed E-state index contributed by atoms with van der Waals surface area (Å²) in [6.45, 7) is 1.83. The topological polar surface area (TPSA) is 76.1 Å². The van der Waals surface area contributed by atoms with E-state index in [4.69, 9.17) is 16.3 Å². The Labute approximate surface area is 153 Å². The van der Waals surface area contributed by atoms with Crippen LogP contribution >= 0.6 is 34.7 Å². The Morgan fingerprint density at radius 1 is 1.46 bits per heavy atom. The summed E-state index contributed by atoms with van der Waals surface area (Å²) in [5.74, 6) is 0.421. The van der Waals surface area contributed by atoms with Crippen molar-refractivity contribution in [2.75, 3.05) is 17.7 Å². The van der Waals surface area contributed by atoms with Gasteiger partial charge in [0.1, 0.15) is 5.75 Å². The van der Waals surface area contributed by atoms with Gasteiger partial charge in [-0.15, -0.1) is 10.2 Å². The van der Waals surface area contributed by atoms with E-state index in [0.717, 1.165) is 9.47 Å². The summed E-state index contributed by atoms with van der Waals surface area (Å²) in [4.78, 5) is 12.4. The van der Waals surface area contributed by atoms with Gasteiger partial charge in [-0.1, -0.05) is 34.7 Å². The van der Waals surface area contributed by atoms with Gasteiger partial charge in [0.25, 0.3) is 0 Å². The molecule has 6 nitrogen and oxygen atoms in total. The zero-order valence-corrected chi connectivity index (χ0v) is 15.6. The number of halogens is 1. The van der Waals surface area contributed by atoms with Crippen LogP contribution in [0, 0.1) is 0 Å². The molecule has 1 aliphatic rings. The van der Waals surface area contributed by atoms with Gasteiger partial charge in [-0.05, 0) is 38.0 Å². The van der Waals surface area contributed by atoms with E-state index >= 15 is 0 Å². The molecule has 1 fully saturated rings. The summed E-state index contributed by atoms with van der Waals surface area (Å²) in [6, 6.07) is 5.63. The highest BCUT2D eigenvalue weighted by molar-refractivity contribution is 8.02. The Balaban J connectivity index is 1.60. The Morgan fingerprint density at radius 2 is 2.25 bits per heavy atom. The number of benzene rings is 1. The molecule has 0 bridgehead atoms. The van der Waals surface area contributed by atoms with E-state index in [-0.39, 0.29) is 11.2 Å². The molecular weight excluding hydrogens is 368 g/mol. The van der Waals surface area contributed by atoms with Gasteiger partial charge in [0.2, 0.25) is 11.0 Å². The molecule has 1 aromatic heterocycles. The van der Waals surface area contributed by atoms with E-state index in [9.17, 15) is 4.79 Å². The predicted octanol–water partition coefficient (Wildman–Crippen LogP) is 3.89. The first-order valence-electron chi connectivity index (χ1n) is 7.46. The van der Waals surface area contributed by atoms with Crippen LogP contribution in [0.25, 0.3) is 0 Å². The van der Waals surface area contributed by atoms with E-state index in [1.807, 2.05) is 6.92 Å². The molecule has 1 saturated carbocycles. The number of hydrogen-bond acceptors (Lipinski definition) is 7. The van der Waals surface area contributed by atoms with Crippen LogP contribution in [0.4, 0.5) is 10.8 Å². The molecule has 2 N–H and O–H groups in total. The Hall–Kier alpha value is -1.51. The number of aromatic nitrogens is 2. The van der Waals surface area contributed by atoms with Gasteiger partial charge in [-0.2, -0.15) is 0 Å². The third kappa shape index (κ3) is 4.52. The second-order valence-corrected chi connectivity index (χ2v) is 8.39. The minimum Gasteiger partial charge on any atom is -0.495 e. The summed E-state index contributed by atoms with van der Waals surface area (Å²) in [5.41, 5.74) is 0.552. The van der Waals surface area contributed by atoms with Crippen molar-refractivity contribution < 1.29 is 9.53 Å². The van der Waals surface area contributed by atoms with Crippen molar-refractivity contribution >= 4 is 51.4 Å². The zero-order chi connectivity index (χ0) is 17.1. The molecule has 1 amide bonds. The summed E-state index contributed by atoms with van der Waals surface area (Å²) in [6.07, 6.45) is 2.37. The summed E-state index contributed by atoms with van der Waals surface area (Å²) in [5, 5.41) is 15.4. The van der Waals surface area contributed by atoms with Crippen LogP contribution in [-0.4, -0.2) is 34.5 Å². The summed E-state index contributed by atoms with van der Waals surface area (Å²) in [7, 11) is 1.55. The number of ether oxygens (including phenoxy) is 1. The van der Waals surface area contributed by atoms with Crippen LogP contribution in [-0.2, 0) is 4.79 Å². The van der Waals surface area contributed by atoms with Crippen molar-refractivity contribution in [2.24, 2.45) is 0 Å². The van der Waals surface area contributed by atoms with Gasteiger partial charge in [0.05, 0.1) is 18.0 Å². The lowest BCUT2D eigenvalue weighted by atomic mass is 10.3. The van der Waals surface area contributed by atoms with E-state index < -0.39 is 0 Å². The molecule has 1 aromatic carbocycles. The molecule has 0 spiro atoms. The quantitative estimate of drug-likeness (QED) is 0.705. The first-order chi connectivity index (χ1) is 11.5. The Kier molecular flexibility index (Phi) is 5.47. The number of carbonyl (C=O) groups is 1. The zero-order valence-electron chi connectivity index (χ0n) is 13.2. The fourth-order valence-corrected chi connectivity index (χ4v) is 4.08. The molecular formula is C15H17ClN4O2S2. The molecule has 128 valence electrons. The molecule has 24 heavy (non-hydrogen) atoms. The van der Waals surface area contributed by atoms with Crippen molar-refractivity contribution in [3.63, 3.8) is 0 Å². The average Bonchev–Trinajstić information content (AvgIpc) is 3.26. The standard InChI is InChI=1S/C15H17ClN4O2S2/c1-8(23-15-20-19-14(24-15)17-10-4-5-10)13(21)18-11-7-9(16)3-6-12(11)22-2/h3,6-8,10H,4-5H2,1-2H3,(H,17,19)(H,18,21). The number of thioether (sulfide) groups is 1. The second-order valence-electron chi connectivity index (χ2n) is 5.39. The number of amides is 1. The maximum atomic E-state index is 12.4. The lowest BCUT2D eigenvalue weighted by molar-refractivity contribution is -0.115. The van der Waals surface area contributed by atoms with Crippen molar-refractivity contribution in [2.45, 2.75) is 35.4 Å². The summed E-state index contributed by atoms with van der Waals surface area (Å²) < 4.78 is 6.00.